The van der Waals surface area contributed by atoms with Crippen molar-refractivity contribution in [2.75, 3.05) is 0 Å². The number of imide groups is 1. The van der Waals surface area contributed by atoms with Crippen molar-refractivity contribution in [2.45, 2.75) is 46.1 Å². The van der Waals surface area contributed by atoms with E-state index in [0.717, 1.165) is 29.5 Å². The van der Waals surface area contributed by atoms with Crippen LogP contribution in [0.1, 0.15) is 43.4 Å². The van der Waals surface area contributed by atoms with Gasteiger partial charge in [-0.05, 0) is 51.8 Å². The van der Waals surface area contributed by atoms with Gasteiger partial charge in [-0.2, -0.15) is 0 Å². The molecule has 30 heavy (non-hydrogen) atoms. The maximum absolute atomic E-state index is 12.3. The topological polar surface area (TPSA) is 37.4 Å². The summed E-state index contributed by atoms with van der Waals surface area (Å²) >= 11 is 0. The molecule has 0 radical (unpaired) electrons. The van der Waals surface area contributed by atoms with Gasteiger partial charge in [0, 0.05) is 12.8 Å². The molecule has 3 aromatic carbocycles. The van der Waals surface area contributed by atoms with Crippen molar-refractivity contribution in [1.29, 1.82) is 0 Å². The van der Waals surface area contributed by atoms with E-state index < -0.39 is 0 Å². The lowest BCUT2D eigenvalue weighted by Crippen LogP contribution is -2.28. The first-order chi connectivity index (χ1) is 14.6. The van der Waals surface area contributed by atoms with Crippen molar-refractivity contribution in [1.82, 2.24) is 4.90 Å². The molecule has 3 nitrogen and oxygen atoms in total. The number of likely N-dealkylation sites (tertiary alicyclic amines) is 1. The van der Waals surface area contributed by atoms with Crippen LogP contribution in [0.25, 0.3) is 22.3 Å². The molecule has 1 fully saturated rings. The molecule has 0 N–H and O–H groups in total. The van der Waals surface area contributed by atoms with Crippen LogP contribution in [-0.2, 0) is 29.0 Å². The lowest BCUT2D eigenvalue weighted by atomic mass is 9.85. The Morgan fingerprint density at radius 1 is 0.633 bits per heavy atom. The summed E-state index contributed by atoms with van der Waals surface area (Å²) in [7, 11) is 0. The van der Waals surface area contributed by atoms with Crippen molar-refractivity contribution in [3.63, 3.8) is 0 Å². The highest BCUT2D eigenvalue weighted by atomic mass is 16.2. The van der Waals surface area contributed by atoms with Gasteiger partial charge in [0.1, 0.15) is 0 Å². The molecule has 1 aliphatic rings. The molecule has 0 aliphatic carbocycles. The number of hydrogen-bond donors (Lipinski definition) is 0. The molecule has 0 saturated carbocycles. The monoisotopic (exact) mass is 397 g/mol. The van der Waals surface area contributed by atoms with E-state index in [2.05, 4.69) is 74.5 Å². The minimum absolute atomic E-state index is 0.0749. The molecule has 152 valence electrons. The van der Waals surface area contributed by atoms with E-state index in [1.165, 1.54) is 27.2 Å². The van der Waals surface area contributed by atoms with E-state index in [0.29, 0.717) is 19.4 Å². The fourth-order valence-electron chi connectivity index (χ4n) is 4.41. The molecule has 0 spiro atoms. The van der Waals surface area contributed by atoms with Crippen LogP contribution in [0.4, 0.5) is 0 Å². The van der Waals surface area contributed by atoms with E-state index in [9.17, 15) is 9.59 Å². The summed E-state index contributed by atoms with van der Waals surface area (Å²) in [6, 6.07) is 23.2. The molecule has 1 saturated heterocycles. The van der Waals surface area contributed by atoms with Crippen LogP contribution in [0.2, 0.25) is 0 Å². The van der Waals surface area contributed by atoms with Crippen LogP contribution < -0.4 is 0 Å². The zero-order valence-corrected chi connectivity index (χ0v) is 17.7. The largest absolute Gasteiger partial charge is 0.278 e. The second-order valence-electron chi connectivity index (χ2n) is 7.73. The van der Waals surface area contributed by atoms with Gasteiger partial charge >= 0.3 is 0 Å². The lowest BCUT2D eigenvalue weighted by molar-refractivity contribution is -0.139. The third kappa shape index (κ3) is 3.68. The van der Waals surface area contributed by atoms with E-state index in [-0.39, 0.29) is 11.8 Å². The average molecular weight is 398 g/mol. The Kier molecular flexibility index (Phi) is 5.80. The molecule has 1 aliphatic heterocycles. The molecule has 3 aromatic rings. The van der Waals surface area contributed by atoms with E-state index >= 15 is 0 Å². The Balaban J connectivity index is 1.95. The van der Waals surface area contributed by atoms with Crippen LogP contribution in [0, 0.1) is 0 Å². The van der Waals surface area contributed by atoms with Crippen molar-refractivity contribution in [3.05, 3.63) is 83.4 Å². The van der Waals surface area contributed by atoms with Gasteiger partial charge in [0.2, 0.25) is 11.8 Å². The van der Waals surface area contributed by atoms with Crippen LogP contribution in [-0.4, -0.2) is 16.7 Å². The summed E-state index contributed by atoms with van der Waals surface area (Å²) in [4.78, 5) is 26.1. The van der Waals surface area contributed by atoms with Crippen LogP contribution >= 0.6 is 0 Å². The number of rotatable bonds is 6. The third-order valence-corrected chi connectivity index (χ3v) is 5.99. The smallest absolute Gasteiger partial charge is 0.229 e. The van der Waals surface area contributed by atoms with Gasteiger partial charge in [-0.25, -0.2) is 0 Å². The van der Waals surface area contributed by atoms with Gasteiger partial charge in [-0.3, -0.25) is 14.5 Å². The molecule has 0 atom stereocenters. The van der Waals surface area contributed by atoms with Crippen molar-refractivity contribution < 1.29 is 9.59 Å². The summed E-state index contributed by atoms with van der Waals surface area (Å²) < 4.78 is 0. The SMILES string of the molecule is CCc1ccccc1-c1cccc(CN2C(=O)CCC2=O)c1-c1ccccc1CC. The van der Waals surface area contributed by atoms with Crippen molar-refractivity contribution >= 4 is 11.8 Å². The number of amides is 2. The number of aryl methyl sites for hydroxylation is 2. The number of hydrogen-bond acceptors (Lipinski definition) is 2. The first-order valence-corrected chi connectivity index (χ1v) is 10.8. The number of carbonyl (C=O) groups excluding carboxylic acids is 2. The standard InChI is InChI=1S/C27H27NO2/c1-3-19-10-5-7-13-22(19)24-15-9-12-21(18-28-25(29)16-17-26(28)30)27(24)23-14-8-6-11-20(23)4-2/h5-15H,3-4,16-18H2,1-2H3. The Morgan fingerprint density at radius 2 is 1.13 bits per heavy atom. The van der Waals surface area contributed by atoms with Gasteiger partial charge in [-0.1, -0.05) is 80.6 Å². The van der Waals surface area contributed by atoms with Crippen LogP contribution in [0.5, 0.6) is 0 Å². The number of carbonyl (C=O) groups is 2. The summed E-state index contributed by atoms with van der Waals surface area (Å²) in [5.74, 6) is -0.150. The molecule has 4 rings (SSSR count). The second kappa shape index (κ2) is 8.66. The normalized spacial score (nSPS) is 13.9. The quantitative estimate of drug-likeness (QED) is 0.493. The highest BCUT2D eigenvalue weighted by Gasteiger charge is 2.30. The molecule has 0 unspecified atom stereocenters. The number of benzene rings is 3. The Bertz CT molecular complexity index is 1080. The summed E-state index contributed by atoms with van der Waals surface area (Å²) in [6.07, 6.45) is 2.50. The second-order valence-corrected chi connectivity index (χ2v) is 7.73. The van der Waals surface area contributed by atoms with Crippen LogP contribution in [0.3, 0.4) is 0 Å². The van der Waals surface area contributed by atoms with Gasteiger partial charge < -0.3 is 0 Å². The van der Waals surface area contributed by atoms with E-state index in [1.807, 2.05) is 6.07 Å². The summed E-state index contributed by atoms with van der Waals surface area (Å²) in [6.45, 7) is 4.66. The summed E-state index contributed by atoms with van der Waals surface area (Å²) in [5, 5.41) is 0. The van der Waals surface area contributed by atoms with E-state index in [1.54, 1.807) is 0 Å². The Labute approximate surface area is 178 Å². The molecule has 0 aromatic heterocycles. The molecule has 1 heterocycles. The minimum atomic E-state index is -0.0749. The fraction of sp³-hybridized carbons (Fsp3) is 0.259. The third-order valence-electron chi connectivity index (χ3n) is 5.99. The van der Waals surface area contributed by atoms with Crippen molar-refractivity contribution in [3.8, 4) is 22.3 Å². The minimum Gasteiger partial charge on any atom is -0.278 e. The molecular formula is C27H27NO2. The van der Waals surface area contributed by atoms with E-state index in [4.69, 9.17) is 0 Å². The first kappa shape index (κ1) is 20.1. The predicted octanol–water partition coefficient (Wildman–Crippen LogP) is 5.79. The maximum Gasteiger partial charge on any atom is 0.229 e. The Morgan fingerprint density at radius 3 is 1.77 bits per heavy atom. The molecular weight excluding hydrogens is 370 g/mol. The fourth-order valence-corrected chi connectivity index (χ4v) is 4.41. The highest BCUT2D eigenvalue weighted by Crippen LogP contribution is 2.39. The lowest BCUT2D eigenvalue weighted by Gasteiger charge is -2.22. The maximum atomic E-state index is 12.3. The van der Waals surface area contributed by atoms with Gasteiger partial charge in [0.15, 0.2) is 0 Å². The van der Waals surface area contributed by atoms with Crippen LogP contribution in [0.15, 0.2) is 66.7 Å². The average Bonchev–Trinajstić information content (AvgIpc) is 3.11. The zero-order chi connectivity index (χ0) is 21.1. The zero-order valence-electron chi connectivity index (χ0n) is 17.7. The highest BCUT2D eigenvalue weighted by molar-refractivity contribution is 6.02. The predicted molar refractivity (Wildman–Crippen MR) is 121 cm³/mol. The molecule has 0 bridgehead atoms. The summed E-state index contributed by atoms with van der Waals surface area (Å²) in [5.41, 5.74) is 8.24. The number of nitrogens with zero attached hydrogens (tertiary/aromatic N) is 1. The Hall–Kier alpha value is -3.20. The molecule has 2 amide bonds. The van der Waals surface area contributed by atoms with Gasteiger partial charge in [-0.15, -0.1) is 0 Å². The van der Waals surface area contributed by atoms with Gasteiger partial charge in [0.25, 0.3) is 0 Å². The molecule has 3 heteroatoms. The van der Waals surface area contributed by atoms with Crippen molar-refractivity contribution in [2.24, 2.45) is 0 Å². The first-order valence-electron chi connectivity index (χ1n) is 10.8. The van der Waals surface area contributed by atoms with Gasteiger partial charge in [0.05, 0.1) is 6.54 Å².